The van der Waals surface area contributed by atoms with E-state index in [4.69, 9.17) is 14.2 Å². The Hall–Kier alpha value is -2.89. The number of ether oxygens (including phenoxy) is 3. The van der Waals surface area contributed by atoms with Gasteiger partial charge in [-0.05, 0) is 29.3 Å². The molecule has 2 N–H and O–H groups in total. The van der Waals surface area contributed by atoms with Gasteiger partial charge in [0.15, 0.2) is 11.5 Å². The molecular weight excluding hydrogens is 310 g/mol. The average Bonchev–Trinajstić information content (AvgIpc) is 2.59. The van der Waals surface area contributed by atoms with Crippen LogP contribution in [0.5, 0.6) is 23.0 Å². The van der Waals surface area contributed by atoms with Crippen molar-refractivity contribution in [3.05, 3.63) is 41.5 Å². The summed E-state index contributed by atoms with van der Waals surface area (Å²) in [5.41, 5.74) is 2.43. The minimum absolute atomic E-state index is 0.105. The van der Waals surface area contributed by atoms with Gasteiger partial charge in [-0.15, -0.1) is 0 Å². The fraction of sp³-hybridized carbons (Fsp3) is 0.278. The second-order valence-electron chi connectivity index (χ2n) is 5.54. The van der Waals surface area contributed by atoms with Crippen molar-refractivity contribution in [1.82, 2.24) is 0 Å². The van der Waals surface area contributed by atoms with Crippen molar-refractivity contribution in [2.75, 3.05) is 26.6 Å². The Morgan fingerprint density at radius 3 is 2.29 bits per heavy atom. The normalized spacial score (nSPS) is 16.1. The van der Waals surface area contributed by atoms with Crippen LogP contribution in [0.1, 0.15) is 23.5 Å². The fourth-order valence-electron chi connectivity index (χ4n) is 3.05. The molecule has 1 heterocycles. The van der Waals surface area contributed by atoms with E-state index < -0.39 is 0 Å². The van der Waals surface area contributed by atoms with Gasteiger partial charge in [0, 0.05) is 24.1 Å². The molecule has 6 nitrogen and oxygen atoms in total. The van der Waals surface area contributed by atoms with Crippen LogP contribution < -0.4 is 19.5 Å². The molecule has 2 aromatic carbocycles. The van der Waals surface area contributed by atoms with Gasteiger partial charge < -0.3 is 24.6 Å². The minimum Gasteiger partial charge on any atom is -0.508 e. The van der Waals surface area contributed by atoms with Gasteiger partial charge in [0.05, 0.1) is 21.3 Å². The van der Waals surface area contributed by atoms with Gasteiger partial charge in [-0.2, -0.15) is 0 Å². The summed E-state index contributed by atoms with van der Waals surface area (Å²) in [6, 6.07) is 8.68. The van der Waals surface area contributed by atoms with E-state index in [0.29, 0.717) is 29.4 Å². The highest BCUT2D eigenvalue weighted by atomic mass is 16.5. The van der Waals surface area contributed by atoms with Crippen molar-refractivity contribution in [2.45, 2.75) is 12.3 Å². The number of phenols is 1. The van der Waals surface area contributed by atoms with Crippen LogP contribution in [0, 0.1) is 0 Å². The molecule has 1 atom stereocenters. The number of fused-ring (bicyclic) bond motifs is 1. The van der Waals surface area contributed by atoms with Crippen LogP contribution in [0.4, 0.5) is 5.69 Å². The van der Waals surface area contributed by atoms with Crippen LogP contribution in [-0.2, 0) is 4.79 Å². The number of anilines is 1. The smallest absolute Gasteiger partial charge is 0.225 e. The van der Waals surface area contributed by atoms with Crippen LogP contribution in [0.25, 0.3) is 0 Å². The maximum atomic E-state index is 12.1. The number of hydrogen-bond acceptors (Lipinski definition) is 5. The lowest BCUT2D eigenvalue weighted by Crippen LogP contribution is -2.23. The topological polar surface area (TPSA) is 77.0 Å². The first-order valence-electron chi connectivity index (χ1n) is 7.50. The number of hydrogen-bond donors (Lipinski definition) is 2. The van der Waals surface area contributed by atoms with Crippen LogP contribution in [0.15, 0.2) is 30.3 Å². The number of nitrogens with one attached hydrogen (secondary N) is 1. The Kier molecular flexibility index (Phi) is 4.20. The zero-order valence-electron chi connectivity index (χ0n) is 13.8. The van der Waals surface area contributed by atoms with Crippen molar-refractivity contribution in [3.63, 3.8) is 0 Å². The van der Waals surface area contributed by atoms with Gasteiger partial charge in [-0.3, -0.25) is 4.79 Å². The van der Waals surface area contributed by atoms with Crippen LogP contribution in [0.2, 0.25) is 0 Å². The highest BCUT2D eigenvalue weighted by Crippen LogP contribution is 2.44. The molecule has 2 aromatic rings. The number of amides is 1. The number of rotatable bonds is 4. The third-order valence-corrected chi connectivity index (χ3v) is 4.17. The van der Waals surface area contributed by atoms with Crippen molar-refractivity contribution in [2.24, 2.45) is 0 Å². The number of carbonyl (C=O) groups is 1. The summed E-state index contributed by atoms with van der Waals surface area (Å²) in [6.45, 7) is 0. The summed E-state index contributed by atoms with van der Waals surface area (Å²) in [5, 5.41) is 12.5. The molecule has 0 saturated carbocycles. The average molecular weight is 329 g/mol. The van der Waals surface area contributed by atoms with Crippen molar-refractivity contribution in [1.29, 1.82) is 0 Å². The highest BCUT2D eigenvalue weighted by molar-refractivity contribution is 5.95. The summed E-state index contributed by atoms with van der Waals surface area (Å²) in [5.74, 6) is 1.43. The summed E-state index contributed by atoms with van der Waals surface area (Å²) in [7, 11) is 4.66. The first-order chi connectivity index (χ1) is 11.6. The van der Waals surface area contributed by atoms with E-state index in [1.807, 2.05) is 18.2 Å². The van der Waals surface area contributed by atoms with Crippen molar-refractivity contribution < 1.29 is 24.1 Å². The zero-order chi connectivity index (χ0) is 17.3. The number of aromatic hydroxyl groups is 1. The Bertz CT molecular complexity index is 762. The van der Waals surface area contributed by atoms with E-state index in [1.165, 1.54) is 0 Å². The molecule has 1 aliphatic heterocycles. The molecule has 1 amide bonds. The first-order valence-corrected chi connectivity index (χ1v) is 7.50. The number of benzene rings is 2. The van der Waals surface area contributed by atoms with E-state index >= 15 is 0 Å². The van der Waals surface area contributed by atoms with Crippen LogP contribution in [-0.4, -0.2) is 32.3 Å². The molecular formula is C18H19NO5. The maximum Gasteiger partial charge on any atom is 0.225 e. The van der Waals surface area contributed by atoms with Gasteiger partial charge in [0.2, 0.25) is 11.7 Å². The molecule has 0 fully saturated rings. The lowest BCUT2D eigenvalue weighted by Gasteiger charge is -2.27. The second-order valence-corrected chi connectivity index (χ2v) is 5.54. The lowest BCUT2D eigenvalue weighted by molar-refractivity contribution is -0.116. The molecule has 0 unspecified atom stereocenters. The standard InChI is InChI=1S/C18H19NO5/c1-22-15-6-10(7-16(23-2)18(15)24-3)13-9-17(21)19-14-8-11(20)4-5-12(13)14/h4-8,13,20H,9H2,1-3H3,(H,19,21)/t13-/m0/s1. The Labute approximate surface area is 140 Å². The van der Waals surface area contributed by atoms with Crippen LogP contribution >= 0.6 is 0 Å². The van der Waals surface area contributed by atoms with Gasteiger partial charge in [0.25, 0.3) is 0 Å². The predicted octanol–water partition coefficient (Wildman–Crippen LogP) is 2.89. The Morgan fingerprint density at radius 2 is 1.71 bits per heavy atom. The Balaban J connectivity index is 2.14. The van der Waals surface area contributed by atoms with E-state index in [9.17, 15) is 9.90 Å². The highest BCUT2D eigenvalue weighted by Gasteiger charge is 2.28. The third kappa shape index (κ3) is 2.71. The van der Waals surface area contributed by atoms with Crippen molar-refractivity contribution in [3.8, 4) is 23.0 Å². The summed E-state index contributed by atoms with van der Waals surface area (Å²) in [6.07, 6.45) is 0.302. The quantitative estimate of drug-likeness (QED) is 0.902. The number of methoxy groups -OCH3 is 3. The van der Waals surface area contributed by atoms with E-state index in [2.05, 4.69) is 5.32 Å². The number of phenolic OH excluding ortho intramolecular Hbond substituents is 1. The Morgan fingerprint density at radius 1 is 1.04 bits per heavy atom. The molecule has 0 spiro atoms. The lowest BCUT2D eigenvalue weighted by atomic mass is 9.84. The summed E-state index contributed by atoms with van der Waals surface area (Å²) in [4.78, 5) is 12.1. The monoisotopic (exact) mass is 329 g/mol. The van der Waals surface area contributed by atoms with Crippen LogP contribution in [0.3, 0.4) is 0 Å². The molecule has 6 heteroatoms. The molecule has 3 rings (SSSR count). The van der Waals surface area contributed by atoms with Gasteiger partial charge in [0.1, 0.15) is 5.75 Å². The first kappa shape index (κ1) is 16.0. The summed E-state index contributed by atoms with van der Waals surface area (Å²) >= 11 is 0. The molecule has 0 saturated heterocycles. The fourth-order valence-corrected chi connectivity index (χ4v) is 3.05. The van der Waals surface area contributed by atoms with Gasteiger partial charge in [-0.25, -0.2) is 0 Å². The van der Waals surface area contributed by atoms with Crippen molar-refractivity contribution >= 4 is 11.6 Å². The molecule has 0 radical (unpaired) electrons. The summed E-state index contributed by atoms with van der Waals surface area (Å²) < 4.78 is 16.1. The predicted molar refractivity (Wildman–Crippen MR) is 89.3 cm³/mol. The molecule has 1 aliphatic rings. The minimum atomic E-state index is -0.164. The van der Waals surface area contributed by atoms with E-state index in [-0.39, 0.29) is 17.6 Å². The van der Waals surface area contributed by atoms with E-state index in [1.54, 1.807) is 33.5 Å². The second kappa shape index (κ2) is 6.31. The molecule has 0 bridgehead atoms. The zero-order valence-corrected chi connectivity index (χ0v) is 13.8. The number of carbonyl (C=O) groups excluding carboxylic acids is 1. The van der Waals surface area contributed by atoms with Gasteiger partial charge in [-0.1, -0.05) is 6.07 Å². The molecule has 0 aliphatic carbocycles. The largest absolute Gasteiger partial charge is 0.508 e. The SMILES string of the molecule is COc1cc([C@@H]2CC(=O)Nc3cc(O)ccc32)cc(OC)c1OC. The molecule has 0 aromatic heterocycles. The third-order valence-electron chi connectivity index (χ3n) is 4.17. The molecule has 24 heavy (non-hydrogen) atoms. The molecule has 126 valence electrons. The van der Waals surface area contributed by atoms with Gasteiger partial charge >= 0.3 is 0 Å². The maximum absolute atomic E-state index is 12.1. The van der Waals surface area contributed by atoms with E-state index in [0.717, 1.165) is 11.1 Å².